The highest BCUT2D eigenvalue weighted by Gasteiger charge is 2.15. The third-order valence-electron chi connectivity index (χ3n) is 7.54. The summed E-state index contributed by atoms with van der Waals surface area (Å²) in [6, 6.07) is 50.8. The molecule has 0 saturated carbocycles. The van der Waals surface area contributed by atoms with Crippen molar-refractivity contribution in [3.63, 3.8) is 0 Å². The average Bonchev–Trinajstić information content (AvgIpc) is 3.04. The van der Waals surface area contributed by atoms with Gasteiger partial charge in [-0.1, -0.05) is 148 Å². The molecule has 7 aromatic rings. The van der Waals surface area contributed by atoms with Crippen molar-refractivity contribution >= 4 is 44.1 Å². The van der Waals surface area contributed by atoms with E-state index in [1.165, 1.54) is 77.0 Å². The number of thioether (sulfide) groups is 1. The molecule has 0 unspecified atom stereocenters. The first-order valence-corrected chi connectivity index (χ1v) is 15.6. The van der Waals surface area contributed by atoms with Crippen LogP contribution in [0.3, 0.4) is 0 Å². The molecule has 0 spiro atoms. The predicted octanol–water partition coefficient (Wildman–Crippen LogP) is 12.3. The van der Waals surface area contributed by atoms with Crippen molar-refractivity contribution in [1.82, 2.24) is 0 Å². The van der Waals surface area contributed by atoms with Crippen molar-refractivity contribution in [3.05, 3.63) is 140 Å². The highest BCUT2D eigenvalue weighted by molar-refractivity contribution is 7.99. The minimum Gasteiger partial charge on any atom is -0.128 e. The Hall–Kier alpha value is -4.33. The molecule has 0 radical (unpaired) electrons. The molecule has 41 heavy (non-hydrogen) atoms. The molecule has 0 heterocycles. The fourth-order valence-corrected chi connectivity index (χ4v) is 6.50. The first kappa shape index (κ1) is 26.9. The number of hydrogen-bond acceptors (Lipinski definition) is 1. The molecule has 0 aromatic heterocycles. The highest BCUT2D eigenvalue weighted by Crippen LogP contribution is 2.43. The van der Waals surface area contributed by atoms with Crippen LogP contribution in [0.2, 0.25) is 0 Å². The fraction of sp³-hybridized carbons (Fsp3) is 0.100. The van der Waals surface area contributed by atoms with Gasteiger partial charge < -0.3 is 0 Å². The van der Waals surface area contributed by atoms with E-state index in [4.69, 9.17) is 0 Å². The molecule has 0 atom stereocenters. The van der Waals surface area contributed by atoms with Gasteiger partial charge in [0.05, 0.1) is 0 Å². The van der Waals surface area contributed by atoms with Gasteiger partial charge in [-0.25, -0.2) is 0 Å². The molecule has 0 N–H and O–H groups in total. The summed E-state index contributed by atoms with van der Waals surface area (Å²) in [7, 11) is 0. The molecule has 7 aromatic carbocycles. The van der Waals surface area contributed by atoms with E-state index in [2.05, 4.69) is 160 Å². The zero-order chi connectivity index (χ0) is 28.2. The maximum atomic E-state index is 2.30. The van der Waals surface area contributed by atoms with Gasteiger partial charge in [-0.15, -0.1) is 11.8 Å². The van der Waals surface area contributed by atoms with Crippen LogP contribution in [-0.2, 0) is 0 Å². The summed E-state index contributed by atoms with van der Waals surface area (Å²) in [5, 5.41) is 7.78. The molecule has 7 rings (SSSR count). The summed E-state index contributed by atoms with van der Waals surface area (Å²) < 4.78 is 0. The van der Waals surface area contributed by atoms with E-state index in [0.29, 0.717) is 0 Å². The van der Waals surface area contributed by atoms with Crippen LogP contribution in [-0.4, -0.2) is 6.26 Å². The monoisotopic (exact) mass is 546 g/mol. The third-order valence-corrected chi connectivity index (χ3v) is 8.38. The summed E-state index contributed by atoms with van der Waals surface area (Å²) in [5.74, 6) is 0. The molecule has 0 nitrogen and oxygen atoms in total. The van der Waals surface area contributed by atoms with Crippen molar-refractivity contribution in [2.45, 2.75) is 25.2 Å². The zero-order valence-electron chi connectivity index (χ0n) is 23.9. The van der Waals surface area contributed by atoms with Gasteiger partial charge in [-0.2, -0.15) is 0 Å². The van der Waals surface area contributed by atoms with Gasteiger partial charge in [0.1, 0.15) is 0 Å². The SMILES string of the molecule is CCC.CSc1c(-c2ccc(-c3ccc4cc(-c5ccccc5)ccc4c3)cc2)c2ccccc2c2ccccc12. The largest absolute Gasteiger partial charge is 0.128 e. The van der Waals surface area contributed by atoms with E-state index < -0.39 is 0 Å². The van der Waals surface area contributed by atoms with E-state index in [1.807, 2.05) is 11.8 Å². The molecular weight excluding hydrogens is 513 g/mol. The first-order chi connectivity index (χ1) is 20.2. The summed E-state index contributed by atoms with van der Waals surface area (Å²) in [6.45, 7) is 4.25. The molecule has 0 saturated heterocycles. The Bertz CT molecular complexity index is 1950. The molecule has 1 heteroatoms. The maximum absolute atomic E-state index is 2.30. The van der Waals surface area contributed by atoms with Gasteiger partial charge in [0.25, 0.3) is 0 Å². The number of rotatable bonds is 4. The first-order valence-electron chi connectivity index (χ1n) is 14.4. The zero-order valence-corrected chi connectivity index (χ0v) is 24.7. The molecule has 0 amide bonds. The lowest BCUT2D eigenvalue weighted by Crippen LogP contribution is -1.89. The van der Waals surface area contributed by atoms with Crippen LogP contribution >= 0.6 is 11.8 Å². The van der Waals surface area contributed by atoms with E-state index in [-0.39, 0.29) is 0 Å². The average molecular weight is 547 g/mol. The molecule has 0 bridgehead atoms. The van der Waals surface area contributed by atoms with Gasteiger partial charge in [0, 0.05) is 10.5 Å². The van der Waals surface area contributed by atoms with Crippen LogP contribution < -0.4 is 0 Å². The molecule has 200 valence electrons. The predicted molar refractivity (Wildman–Crippen MR) is 183 cm³/mol. The molecule has 0 aliphatic rings. The quantitative estimate of drug-likeness (QED) is 0.156. The maximum Gasteiger partial charge on any atom is 0.0233 e. The second kappa shape index (κ2) is 12.0. The highest BCUT2D eigenvalue weighted by atomic mass is 32.2. The van der Waals surface area contributed by atoms with Gasteiger partial charge in [0.2, 0.25) is 0 Å². The smallest absolute Gasteiger partial charge is 0.0233 e. The fourth-order valence-electron chi connectivity index (χ4n) is 5.67. The molecule has 0 aliphatic carbocycles. The Balaban J connectivity index is 0.000000967. The van der Waals surface area contributed by atoms with Gasteiger partial charge in [-0.05, 0) is 78.5 Å². The standard InChI is InChI=1S/C37H26S.C3H8/c1-38-37-35-14-8-6-12-33(35)32-11-5-7-13-34(32)36(37)27-17-15-26(16-18-27)29-20-22-30-23-28(19-21-31(30)24-29)25-9-3-2-4-10-25;1-3-2/h2-24H,1H3;3H2,1-2H3. The van der Waals surface area contributed by atoms with E-state index in [0.717, 1.165) is 0 Å². The van der Waals surface area contributed by atoms with Gasteiger partial charge in [0.15, 0.2) is 0 Å². The Kier molecular flexibility index (Phi) is 7.89. The van der Waals surface area contributed by atoms with Crippen molar-refractivity contribution in [1.29, 1.82) is 0 Å². The van der Waals surface area contributed by atoms with E-state index >= 15 is 0 Å². The van der Waals surface area contributed by atoms with Crippen LogP contribution in [0.25, 0.3) is 65.7 Å². The lowest BCUT2D eigenvalue weighted by Gasteiger charge is -2.17. The summed E-state index contributed by atoms with van der Waals surface area (Å²) in [5.41, 5.74) is 7.56. The lowest BCUT2D eigenvalue weighted by atomic mass is 9.92. The Morgan fingerprint density at radius 2 is 0.829 bits per heavy atom. The van der Waals surface area contributed by atoms with Crippen molar-refractivity contribution < 1.29 is 0 Å². The van der Waals surface area contributed by atoms with Crippen LogP contribution in [0.4, 0.5) is 0 Å². The van der Waals surface area contributed by atoms with Crippen molar-refractivity contribution in [3.8, 4) is 33.4 Å². The minimum atomic E-state index is 1.23. The summed E-state index contributed by atoms with van der Waals surface area (Å²) in [6.07, 6.45) is 3.44. The van der Waals surface area contributed by atoms with Crippen LogP contribution in [0.15, 0.2) is 144 Å². The third kappa shape index (κ3) is 5.26. The number of hydrogen-bond donors (Lipinski definition) is 0. The molecule has 0 aliphatic heterocycles. The van der Waals surface area contributed by atoms with E-state index in [1.54, 1.807) is 0 Å². The topological polar surface area (TPSA) is 0 Å². The van der Waals surface area contributed by atoms with Crippen LogP contribution in [0.5, 0.6) is 0 Å². The number of benzene rings is 7. The second-order valence-corrected chi connectivity index (χ2v) is 11.2. The Morgan fingerprint density at radius 3 is 1.39 bits per heavy atom. The summed E-state index contributed by atoms with van der Waals surface area (Å²) >= 11 is 1.84. The van der Waals surface area contributed by atoms with Gasteiger partial charge >= 0.3 is 0 Å². The van der Waals surface area contributed by atoms with Crippen molar-refractivity contribution in [2.24, 2.45) is 0 Å². The van der Waals surface area contributed by atoms with Crippen molar-refractivity contribution in [2.75, 3.05) is 6.26 Å². The van der Waals surface area contributed by atoms with Crippen LogP contribution in [0, 0.1) is 0 Å². The van der Waals surface area contributed by atoms with E-state index in [9.17, 15) is 0 Å². The Labute approximate surface area is 247 Å². The second-order valence-electron chi connectivity index (χ2n) is 10.4. The summed E-state index contributed by atoms with van der Waals surface area (Å²) in [4.78, 5) is 1.34. The molecule has 0 fully saturated rings. The van der Waals surface area contributed by atoms with Crippen LogP contribution in [0.1, 0.15) is 20.3 Å². The van der Waals surface area contributed by atoms with Gasteiger partial charge in [-0.3, -0.25) is 0 Å². The Morgan fingerprint density at radius 1 is 0.415 bits per heavy atom. The number of fused-ring (bicyclic) bond motifs is 4. The minimum absolute atomic E-state index is 1.23. The normalized spacial score (nSPS) is 11.0. The lowest BCUT2D eigenvalue weighted by molar-refractivity contribution is 1.09. The molecular formula is C40H34S.